The molecule has 3 nitrogen and oxygen atoms in total. The van der Waals surface area contributed by atoms with Crippen LogP contribution >= 0.6 is 0 Å². The van der Waals surface area contributed by atoms with Crippen LogP contribution in [0.15, 0.2) is 48.5 Å². The Balaban J connectivity index is 2.23. The number of benzene rings is 2. The van der Waals surface area contributed by atoms with Crippen LogP contribution in [0.2, 0.25) is 0 Å². The van der Waals surface area contributed by atoms with E-state index >= 15 is 0 Å². The molecule has 0 spiro atoms. The van der Waals surface area contributed by atoms with Crippen molar-refractivity contribution in [2.24, 2.45) is 7.05 Å². The normalized spacial score (nSPS) is 10.9. The van der Waals surface area contributed by atoms with E-state index in [0.717, 1.165) is 22.2 Å². The summed E-state index contributed by atoms with van der Waals surface area (Å²) in [5, 5.41) is 19.8. The van der Waals surface area contributed by atoms with Crippen LogP contribution in [0.5, 0.6) is 11.5 Å². The van der Waals surface area contributed by atoms with Crippen LogP contribution in [-0.4, -0.2) is 14.8 Å². The van der Waals surface area contributed by atoms with E-state index in [-0.39, 0.29) is 11.5 Å². The summed E-state index contributed by atoms with van der Waals surface area (Å²) in [5.41, 5.74) is 3.15. The summed E-state index contributed by atoms with van der Waals surface area (Å²) < 4.78 is 2.07. The van der Waals surface area contributed by atoms with E-state index in [2.05, 4.69) is 4.57 Å². The molecule has 0 fully saturated rings. The molecule has 0 aliphatic heterocycles. The van der Waals surface area contributed by atoms with E-state index in [1.54, 1.807) is 24.3 Å². The Kier molecular flexibility index (Phi) is 2.27. The van der Waals surface area contributed by atoms with Gasteiger partial charge in [-0.1, -0.05) is 0 Å². The summed E-state index contributed by atoms with van der Waals surface area (Å²) in [5.74, 6) is 0.528. The first kappa shape index (κ1) is 10.7. The standard InChI is InChI=1S/C15H13NO2/c1-16-14-7-6-13(18)8-11(14)9-15(16)10-2-4-12(17)5-3-10/h2-9,17-18H,1H3. The van der Waals surface area contributed by atoms with Gasteiger partial charge in [0.25, 0.3) is 0 Å². The van der Waals surface area contributed by atoms with E-state index in [1.165, 1.54) is 0 Å². The molecule has 0 aliphatic rings. The molecule has 2 N–H and O–H groups in total. The second-order valence-corrected chi connectivity index (χ2v) is 4.38. The highest BCUT2D eigenvalue weighted by atomic mass is 16.3. The number of phenols is 2. The van der Waals surface area contributed by atoms with Crippen LogP contribution in [-0.2, 0) is 7.05 Å². The van der Waals surface area contributed by atoms with Gasteiger partial charge in [0.1, 0.15) is 11.5 Å². The molecular weight excluding hydrogens is 226 g/mol. The molecule has 0 amide bonds. The average Bonchev–Trinajstić information content (AvgIpc) is 2.67. The molecule has 1 aromatic heterocycles. The number of aromatic nitrogens is 1. The van der Waals surface area contributed by atoms with Crippen molar-refractivity contribution >= 4 is 10.9 Å². The molecule has 0 atom stereocenters. The highest BCUT2D eigenvalue weighted by Crippen LogP contribution is 2.29. The van der Waals surface area contributed by atoms with Gasteiger partial charge in [0.2, 0.25) is 0 Å². The molecule has 1 heterocycles. The van der Waals surface area contributed by atoms with Crippen LogP contribution in [0.1, 0.15) is 0 Å². The Morgan fingerprint density at radius 2 is 1.50 bits per heavy atom. The van der Waals surface area contributed by atoms with Crippen molar-refractivity contribution in [3.8, 4) is 22.8 Å². The van der Waals surface area contributed by atoms with Crippen LogP contribution in [0.3, 0.4) is 0 Å². The zero-order valence-corrected chi connectivity index (χ0v) is 9.96. The van der Waals surface area contributed by atoms with Gasteiger partial charge in [-0.2, -0.15) is 0 Å². The molecule has 18 heavy (non-hydrogen) atoms. The van der Waals surface area contributed by atoms with E-state index in [0.29, 0.717) is 0 Å². The molecule has 3 heteroatoms. The Bertz CT molecular complexity index is 711. The van der Waals surface area contributed by atoms with E-state index < -0.39 is 0 Å². The smallest absolute Gasteiger partial charge is 0.116 e. The SMILES string of the molecule is Cn1c(-c2ccc(O)cc2)cc2cc(O)ccc21. The van der Waals surface area contributed by atoms with Gasteiger partial charge in [-0.05, 0) is 54.1 Å². The lowest BCUT2D eigenvalue weighted by Crippen LogP contribution is -1.90. The number of hydrogen-bond donors (Lipinski definition) is 2. The molecule has 0 radical (unpaired) electrons. The first-order valence-electron chi connectivity index (χ1n) is 5.73. The maximum absolute atomic E-state index is 9.50. The van der Waals surface area contributed by atoms with Crippen molar-refractivity contribution < 1.29 is 10.2 Å². The van der Waals surface area contributed by atoms with Crippen molar-refractivity contribution in [2.45, 2.75) is 0 Å². The maximum Gasteiger partial charge on any atom is 0.116 e. The van der Waals surface area contributed by atoms with Crippen molar-refractivity contribution in [3.05, 3.63) is 48.5 Å². The lowest BCUT2D eigenvalue weighted by Gasteiger charge is -2.04. The Morgan fingerprint density at radius 3 is 2.22 bits per heavy atom. The zero-order chi connectivity index (χ0) is 12.7. The van der Waals surface area contributed by atoms with Crippen LogP contribution in [0.4, 0.5) is 0 Å². The summed E-state index contributed by atoms with van der Waals surface area (Å²) in [6.07, 6.45) is 0. The summed E-state index contributed by atoms with van der Waals surface area (Å²) >= 11 is 0. The number of aromatic hydroxyl groups is 2. The fraction of sp³-hybridized carbons (Fsp3) is 0.0667. The fourth-order valence-corrected chi connectivity index (χ4v) is 2.25. The third kappa shape index (κ3) is 1.61. The molecule has 0 saturated heterocycles. The van der Waals surface area contributed by atoms with Crippen molar-refractivity contribution in [1.82, 2.24) is 4.57 Å². The monoisotopic (exact) mass is 239 g/mol. The van der Waals surface area contributed by atoms with Gasteiger partial charge in [-0.25, -0.2) is 0 Å². The molecule has 3 rings (SSSR count). The van der Waals surface area contributed by atoms with Crippen LogP contribution in [0.25, 0.3) is 22.2 Å². The minimum absolute atomic E-state index is 0.259. The second kappa shape index (κ2) is 3.81. The third-order valence-corrected chi connectivity index (χ3v) is 3.19. The lowest BCUT2D eigenvalue weighted by molar-refractivity contribution is 0.475. The van der Waals surface area contributed by atoms with Gasteiger partial charge >= 0.3 is 0 Å². The summed E-state index contributed by atoms with van der Waals surface area (Å²) in [4.78, 5) is 0. The number of aryl methyl sites for hydroxylation is 1. The van der Waals surface area contributed by atoms with Gasteiger partial charge in [0.05, 0.1) is 0 Å². The summed E-state index contributed by atoms with van der Waals surface area (Å²) in [7, 11) is 1.99. The molecule has 0 saturated carbocycles. The van der Waals surface area contributed by atoms with E-state index in [4.69, 9.17) is 0 Å². The topological polar surface area (TPSA) is 45.4 Å². The third-order valence-electron chi connectivity index (χ3n) is 3.19. The number of phenolic OH excluding ortho intramolecular Hbond substituents is 2. The van der Waals surface area contributed by atoms with Crippen LogP contribution in [0, 0.1) is 0 Å². The molecular formula is C15H13NO2. The highest BCUT2D eigenvalue weighted by Gasteiger charge is 2.08. The largest absolute Gasteiger partial charge is 0.508 e. The number of hydrogen-bond acceptors (Lipinski definition) is 2. The van der Waals surface area contributed by atoms with E-state index in [9.17, 15) is 10.2 Å². The van der Waals surface area contributed by atoms with Gasteiger partial charge in [-0.15, -0.1) is 0 Å². The first-order valence-corrected chi connectivity index (χ1v) is 5.73. The predicted molar refractivity (Wildman–Crippen MR) is 71.7 cm³/mol. The fourth-order valence-electron chi connectivity index (χ4n) is 2.25. The van der Waals surface area contributed by atoms with Gasteiger partial charge in [-0.3, -0.25) is 0 Å². The minimum atomic E-state index is 0.259. The Hall–Kier alpha value is -2.42. The molecule has 0 aliphatic carbocycles. The minimum Gasteiger partial charge on any atom is -0.508 e. The highest BCUT2D eigenvalue weighted by molar-refractivity contribution is 5.88. The molecule has 2 aromatic carbocycles. The number of fused-ring (bicyclic) bond motifs is 1. The maximum atomic E-state index is 9.50. The van der Waals surface area contributed by atoms with Crippen molar-refractivity contribution in [3.63, 3.8) is 0 Å². The average molecular weight is 239 g/mol. The molecule has 0 unspecified atom stereocenters. The molecule has 0 bridgehead atoms. The quantitative estimate of drug-likeness (QED) is 0.684. The zero-order valence-electron chi connectivity index (χ0n) is 9.96. The first-order chi connectivity index (χ1) is 8.65. The van der Waals surface area contributed by atoms with Gasteiger partial charge < -0.3 is 14.8 Å². The van der Waals surface area contributed by atoms with Crippen molar-refractivity contribution in [1.29, 1.82) is 0 Å². The van der Waals surface area contributed by atoms with Gasteiger partial charge in [0, 0.05) is 23.6 Å². The van der Waals surface area contributed by atoms with Crippen molar-refractivity contribution in [2.75, 3.05) is 0 Å². The number of rotatable bonds is 1. The number of nitrogens with zero attached hydrogens (tertiary/aromatic N) is 1. The Morgan fingerprint density at radius 1 is 0.833 bits per heavy atom. The van der Waals surface area contributed by atoms with E-state index in [1.807, 2.05) is 31.3 Å². The molecule has 3 aromatic rings. The van der Waals surface area contributed by atoms with Gasteiger partial charge in [0.15, 0.2) is 0 Å². The molecule has 90 valence electrons. The lowest BCUT2D eigenvalue weighted by atomic mass is 10.1. The predicted octanol–water partition coefficient (Wildman–Crippen LogP) is 3.26. The Labute approximate surface area is 105 Å². The summed E-state index contributed by atoms with van der Waals surface area (Å²) in [6, 6.07) is 14.5. The van der Waals surface area contributed by atoms with Crippen LogP contribution < -0.4 is 0 Å². The summed E-state index contributed by atoms with van der Waals surface area (Å²) in [6.45, 7) is 0. The second-order valence-electron chi connectivity index (χ2n) is 4.38.